The fourth-order valence-electron chi connectivity index (χ4n) is 2.68. The van der Waals surface area contributed by atoms with Crippen molar-refractivity contribution in [3.05, 3.63) is 72.6 Å². The third-order valence-corrected chi connectivity index (χ3v) is 4.29. The highest BCUT2D eigenvalue weighted by molar-refractivity contribution is 5.99. The Morgan fingerprint density at radius 1 is 0.935 bits per heavy atom. The minimum Gasteiger partial charge on any atom is -0.497 e. The molecule has 0 saturated heterocycles. The number of para-hydroxylation sites is 1. The number of nitrogens with one attached hydrogen (secondary N) is 1. The van der Waals surface area contributed by atoms with E-state index in [2.05, 4.69) is 10.3 Å². The Labute approximate surface area is 179 Å². The molecule has 0 aliphatic heterocycles. The Bertz CT molecular complexity index is 1050. The van der Waals surface area contributed by atoms with E-state index in [1.807, 2.05) is 0 Å². The highest BCUT2D eigenvalue weighted by Gasteiger charge is 2.22. The molecule has 3 aromatic rings. The summed E-state index contributed by atoms with van der Waals surface area (Å²) in [5.74, 6) is 0.539. The topological polar surface area (TPSA) is 96.0 Å². The molecule has 1 unspecified atom stereocenters. The highest BCUT2D eigenvalue weighted by Crippen LogP contribution is 2.29. The van der Waals surface area contributed by atoms with Crippen LogP contribution in [0, 0.1) is 0 Å². The van der Waals surface area contributed by atoms with Gasteiger partial charge < -0.3 is 24.3 Å². The van der Waals surface area contributed by atoms with Gasteiger partial charge in [-0.2, -0.15) is 0 Å². The van der Waals surface area contributed by atoms with Gasteiger partial charge in [0.2, 0.25) is 0 Å². The fourth-order valence-corrected chi connectivity index (χ4v) is 2.68. The van der Waals surface area contributed by atoms with Crippen molar-refractivity contribution in [3.63, 3.8) is 0 Å². The summed E-state index contributed by atoms with van der Waals surface area (Å²) in [7, 11) is 3.00. The second-order valence-electron chi connectivity index (χ2n) is 6.39. The molecule has 1 aromatic heterocycles. The minimum absolute atomic E-state index is 0.185. The van der Waals surface area contributed by atoms with Crippen molar-refractivity contribution in [2.24, 2.45) is 0 Å². The van der Waals surface area contributed by atoms with Crippen LogP contribution in [0.4, 0.5) is 5.69 Å². The number of carbonyl (C=O) groups is 2. The summed E-state index contributed by atoms with van der Waals surface area (Å²) >= 11 is 0. The number of carbonyl (C=O) groups excluding carboxylic acids is 2. The molecular formula is C23H22N2O6. The Hall–Kier alpha value is -4.07. The molecule has 8 heteroatoms. The quantitative estimate of drug-likeness (QED) is 0.547. The van der Waals surface area contributed by atoms with Crippen LogP contribution in [-0.4, -0.2) is 37.2 Å². The molecule has 160 valence electrons. The molecule has 0 aliphatic rings. The van der Waals surface area contributed by atoms with E-state index in [4.69, 9.17) is 18.9 Å². The number of pyridine rings is 1. The Kier molecular flexibility index (Phi) is 7.05. The van der Waals surface area contributed by atoms with Crippen LogP contribution in [0.2, 0.25) is 0 Å². The number of esters is 1. The molecule has 3 rings (SSSR count). The van der Waals surface area contributed by atoms with Crippen LogP contribution in [-0.2, 0) is 9.53 Å². The number of anilines is 1. The van der Waals surface area contributed by atoms with Crippen LogP contribution in [0.1, 0.15) is 17.3 Å². The van der Waals surface area contributed by atoms with E-state index in [0.717, 1.165) is 0 Å². The molecule has 0 fully saturated rings. The summed E-state index contributed by atoms with van der Waals surface area (Å²) < 4.78 is 21.5. The molecule has 1 heterocycles. The van der Waals surface area contributed by atoms with Crippen LogP contribution in [0.25, 0.3) is 0 Å². The lowest BCUT2D eigenvalue weighted by atomic mass is 10.2. The number of methoxy groups -OCH3 is 2. The van der Waals surface area contributed by atoms with Crippen LogP contribution in [0.15, 0.2) is 67.0 Å². The van der Waals surface area contributed by atoms with Crippen molar-refractivity contribution in [2.45, 2.75) is 13.0 Å². The maximum atomic E-state index is 12.7. The van der Waals surface area contributed by atoms with Gasteiger partial charge in [-0.25, -0.2) is 4.79 Å². The molecule has 0 radical (unpaired) electrons. The second-order valence-corrected chi connectivity index (χ2v) is 6.39. The van der Waals surface area contributed by atoms with Crippen LogP contribution < -0.4 is 19.5 Å². The number of benzene rings is 2. The van der Waals surface area contributed by atoms with Crippen LogP contribution in [0.5, 0.6) is 23.0 Å². The van der Waals surface area contributed by atoms with Crippen molar-refractivity contribution >= 4 is 17.6 Å². The number of amides is 1. The van der Waals surface area contributed by atoms with Crippen molar-refractivity contribution in [2.75, 3.05) is 19.5 Å². The number of hydrogen-bond acceptors (Lipinski definition) is 7. The van der Waals surface area contributed by atoms with Crippen molar-refractivity contribution < 1.29 is 28.5 Å². The van der Waals surface area contributed by atoms with Crippen LogP contribution >= 0.6 is 0 Å². The first-order chi connectivity index (χ1) is 15.0. The summed E-state index contributed by atoms with van der Waals surface area (Å²) in [6.07, 6.45) is 2.07. The van der Waals surface area contributed by atoms with Gasteiger partial charge in [0.1, 0.15) is 28.6 Å². The Balaban J connectivity index is 1.70. The van der Waals surface area contributed by atoms with E-state index in [9.17, 15) is 9.59 Å². The van der Waals surface area contributed by atoms with Gasteiger partial charge in [-0.15, -0.1) is 0 Å². The minimum atomic E-state index is -1.07. The standard InChI is InChI=1S/C23H22N2O6/c1-15(22(26)25-19-13-16(28-2)10-11-21(19)29-3)30-23(27)18-8-4-5-9-20(18)31-17-7-6-12-24-14-17/h4-15H,1-3H3,(H,25,26). The van der Waals surface area contributed by atoms with Crippen molar-refractivity contribution in [1.29, 1.82) is 0 Å². The summed E-state index contributed by atoms with van der Waals surface area (Å²) in [5.41, 5.74) is 0.583. The number of nitrogens with zero attached hydrogens (tertiary/aromatic N) is 1. The highest BCUT2D eigenvalue weighted by atomic mass is 16.6. The summed E-state index contributed by atoms with van der Waals surface area (Å²) in [5, 5.41) is 2.69. The maximum Gasteiger partial charge on any atom is 0.342 e. The molecule has 8 nitrogen and oxygen atoms in total. The lowest BCUT2D eigenvalue weighted by molar-refractivity contribution is -0.123. The average molecular weight is 422 g/mol. The molecule has 0 spiro atoms. The van der Waals surface area contributed by atoms with E-state index < -0.39 is 18.0 Å². The summed E-state index contributed by atoms with van der Waals surface area (Å²) in [4.78, 5) is 29.3. The first-order valence-corrected chi connectivity index (χ1v) is 9.42. The zero-order valence-corrected chi connectivity index (χ0v) is 17.3. The zero-order chi connectivity index (χ0) is 22.2. The Morgan fingerprint density at radius 2 is 1.74 bits per heavy atom. The van der Waals surface area contributed by atoms with Gasteiger partial charge in [0, 0.05) is 12.3 Å². The number of hydrogen-bond donors (Lipinski definition) is 1. The van der Waals surface area contributed by atoms with E-state index in [-0.39, 0.29) is 5.56 Å². The monoisotopic (exact) mass is 422 g/mol. The number of rotatable bonds is 8. The normalized spacial score (nSPS) is 11.2. The van der Waals surface area contributed by atoms with Gasteiger partial charge in [-0.1, -0.05) is 12.1 Å². The van der Waals surface area contributed by atoms with Crippen LogP contribution in [0.3, 0.4) is 0 Å². The number of aromatic nitrogens is 1. The molecule has 31 heavy (non-hydrogen) atoms. The molecule has 0 saturated carbocycles. The fraction of sp³-hybridized carbons (Fsp3) is 0.174. The maximum absolute atomic E-state index is 12.7. The lowest BCUT2D eigenvalue weighted by Crippen LogP contribution is -2.30. The largest absolute Gasteiger partial charge is 0.497 e. The van der Waals surface area contributed by atoms with Gasteiger partial charge >= 0.3 is 5.97 Å². The van der Waals surface area contributed by atoms with Gasteiger partial charge in [0.15, 0.2) is 6.10 Å². The first kappa shape index (κ1) is 21.6. The van der Waals surface area contributed by atoms with E-state index in [1.54, 1.807) is 60.8 Å². The van der Waals surface area contributed by atoms with E-state index >= 15 is 0 Å². The Morgan fingerprint density at radius 3 is 2.45 bits per heavy atom. The average Bonchev–Trinajstić information content (AvgIpc) is 2.79. The number of ether oxygens (including phenoxy) is 4. The second kappa shape index (κ2) is 10.1. The summed E-state index contributed by atoms with van der Waals surface area (Å²) in [6.45, 7) is 1.48. The molecular weight excluding hydrogens is 400 g/mol. The van der Waals surface area contributed by atoms with E-state index in [0.29, 0.717) is 28.7 Å². The molecule has 1 amide bonds. The predicted molar refractivity (Wildman–Crippen MR) is 114 cm³/mol. The molecule has 1 N–H and O–H groups in total. The smallest absolute Gasteiger partial charge is 0.342 e. The third kappa shape index (κ3) is 5.51. The lowest BCUT2D eigenvalue weighted by Gasteiger charge is -2.17. The van der Waals surface area contributed by atoms with Gasteiger partial charge in [0.05, 0.1) is 26.1 Å². The third-order valence-electron chi connectivity index (χ3n) is 4.29. The van der Waals surface area contributed by atoms with Gasteiger partial charge in [-0.3, -0.25) is 9.78 Å². The molecule has 1 atom stereocenters. The molecule has 0 aliphatic carbocycles. The van der Waals surface area contributed by atoms with E-state index in [1.165, 1.54) is 27.3 Å². The predicted octanol–water partition coefficient (Wildman–Crippen LogP) is 4.08. The zero-order valence-electron chi connectivity index (χ0n) is 17.3. The molecule has 0 bridgehead atoms. The van der Waals surface area contributed by atoms with Gasteiger partial charge in [0.25, 0.3) is 5.91 Å². The summed E-state index contributed by atoms with van der Waals surface area (Å²) in [6, 6.07) is 15.0. The first-order valence-electron chi connectivity index (χ1n) is 9.42. The molecule has 2 aromatic carbocycles. The SMILES string of the molecule is COc1ccc(OC)c(NC(=O)C(C)OC(=O)c2ccccc2Oc2cccnc2)c1. The van der Waals surface area contributed by atoms with Crippen molar-refractivity contribution in [1.82, 2.24) is 4.98 Å². The van der Waals surface area contributed by atoms with Crippen molar-refractivity contribution in [3.8, 4) is 23.0 Å². The van der Waals surface area contributed by atoms with Gasteiger partial charge in [-0.05, 0) is 43.3 Å².